The minimum atomic E-state index is 0.851. The summed E-state index contributed by atoms with van der Waals surface area (Å²) in [6, 6.07) is 8.88. The van der Waals surface area contributed by atoms with Crippen molar-refractivity contribution in [1.29, 1.82) is 0 Å². The van der Waals surface area contributed by atoms with Crippen molar-refractivity contribution in [2.75, 3.05) is 0 Å². The summed E-state index contributed by atoms with van der Waals surface area (Å²) in [6.45, 7) is 4.62. The van der Waals surface area contributed by atoms with Crippen molar-refractivity contribution in [2.45, 2.75) is 39.5 Å². The zero-order valence-corrected chi connectivity index (χ0v) is 10.3. The van der Waals surface area contributed by atoms with Gasteiger partial charge in [0.25, 0.3) is 0 Å². The maximum atomic E-state index is 3.27. The maximum absolute atomic E-state index is 3.27. The van der Waals surface area contributed by atoms with Gasteiger partial charge >= 0.3 is 0 Å². The molecule has 0 aliphatic rings. The van der Waals surface area contributed by atoms with Crippen LogP contribution in [0.25, 0.3) is 10.9 Å². The van der Waals surface area contributed by atoms with E-state index in [1.807, 2.05) is 6.20 Å². The molecule has 0 radical (unpaired) electrons. The molecule has 1 atom stereocenters. The van der Waals surface area contributed by atoms with Crippen molar-refractivity contribution in [2.24, 2.45) is 5.92 Å². The van der Waals surface area contributed by atoms with Crippen LogP contribution in [0.5, 0.6) is 0 Å². The van der Waals surface area contributed by atoms with E-state index < -0.39 is 0 Å². The molecule has 2 rings (SSSR count). The number of nitrogens with one attached hydrogen (secondary N) is 1. The second-order valence-corrected chi connectivity index (χ2v) is 4.83. The SMILES string of the molecule is CCCC(C)CCc1ccc2cc[nH]c2c1. The van der Waals surface area contributed by atoms with Crippen molar-refractivity contribution in [3.63, 3.8) is 0 Å². The molecule has 1 aromatic heterocycles. The normalized spacial score (nSPS) is 13.1. The van der Waals surface area contributed by atoms with Gasteiger partial charge in [0, 0.05) is 11.7 Å². The number of aryl methyl sites for hydroxylation is 1. The second kappa shape index (κ2) is 5.20. The van der Waals surface area contributed by atoms with Gasteiger partial charge in [0.15, 0.2) is 0 Å². The molecule has 2 aromatic rings. The molecule has 0 spiro atoms. The topological polar surface area (TPSA) is 15.8 Å². The fourth-order valence-electron chi connectivity index (χ4n) is 2.30. The summed E-state index contributed by atoms with van der Waals surface area (Å²) in [5.41, 5.74) is 2.72. The number of hydrogen-bond acceptors (Lipinski definition) is 0. The van der Waals surface area contributed by atoms with Crippen molar-refractivity contribution >= 4 is 10.9 Å². The molecule has 0 aliphatic carbocycles. The molecule has 1 N–H and O–H groups in total. The molecule has 0 saturated heterocycles. The van der Waals surface area contributed by atoms with Crippen LogP contribution in [-0.2, 0) is 6.42 Å². The molecule has 1 heteroatoms. The Hall–Kier alpha value is -1.24. The molecule has 1 aromatic carbocycles. The van der Waals surface area contributed by atoms with Crippen LogP contribution in [0, 0.1) is 5.92 Å². The third-order valence-electron chi connectivity index (χ3n) is 3.33. The second-order valence-electron chi connectivity index (χ2n) is 4.83. The number of benzene rings is 1. The van der Waals surface area contributed by atoms with Gasteiger partial charge in [-0.15, -0.1) is 0 Å². The van der Waals surface area contributed by atoms with E-state index in [9.17, 15) is 0 Å². The number of fused-ring (bicyclic) bond motifs is 1. The zero-order valence-electron chi connectivity index (χ0n) is 10.3. The van der Waals surface area contributed by atoms with Gasteiger partial charge in [-0.1, -0.05) is 38.8 Å². The molecular weight excluding hydrogens is 194 g/mol. The molecule has 1 unspecified atom stereocenters. The standard InChI is InChI=1S/C15H21N/c1-3-4-12(2)5-6-13-7-8-14-9-10-16-15(14)11-13/h7-12,16H,3-6H2,1-2H3. The summed E-state index contributed by atoms with van der Waals surface area (Å²) < 4.78 is 0. The lowest BCUT2D eigenvalue weighted by atomic mass is 9.97. The third kappa shape index (κ3) is 2.66. The predicted molar refractivity (Wildman–Crippen MR) is 70.7 cm³/mol. The fraction of sp³-hybridized carbons (Fsp3) is 0.467. The highest BCUT2D eigenvalue weighted by Crippen LogP contribution is 2.18. The van der Waals surface area contributed by atoms with Gasteiger partial charge in [-0.3, -0.25) is 0 Å². The first-order valence-corrected chi connectivity index (χ1v) is 6.35. The molecule has 0 bridgehead atoms. The third-order valence-corrected chi connectivity index (χ3v) is 3.33. The Labute approximate surface area is 97.9 Å². The van der Waals surface area contributed by atoms with Crippen LogP contribution in [0.3, 0.4) is 0 Å². The van der Waals surface area contributed by atoms with Gasteiger partial charge in [-0.2, -0.15) is 0 Å². The number of H-pyrrole nitrogens is 1. The highest BCUT2D eigenvalue weighted by molar-refractivity contribution is 5.79. The molecule has 1 heterocycles. The Morgan fingerprint density at radius 1 is 1.19 bits per heavy atom. The Balaban J connectivity index is 1.98. The minimum Gasteiger partial charge on any atom is -0.361 e. The van der Waals surface area contributed by atoms with Crippen molar-refractivity contribution in [3.8, 4) is 0 Å². The summed E-state index contributed by atoms with van der Waals surface area (Å²) >= 11 is 0. The quantitative estimate of drug-likeness (QED) is 0.754. The largest absolute Gasteiger partial charge is 0.361 e. The summed E-state index contributed by atoms with van der Waals surface area (Å²) in [5, 5.41) is 1.31. The van der Waals surface area contributed by atoms with E-state index in [4.69, 9.17) is 0 Å². The van der Waals surface area contributed by atoms with Crippen LogP contribution in [0.1, 0.15) is 38.7 Å². The highest BCUT2D eigenvalue weighted by atomic mass is 14.7. The van der Waals surface area contributed by atoms with E-state index in [1.54, 1.807) is 0 Å². The number of rotatable bonds is 5. The van der Waals surface area contributed by atoms with E-state index in [-0.39, 0.29) is 0 Å². The fourth-order valence-corrected chi connectivity index (χ4v) is 2.30. The summed E-state index contributed by atoms with van der Waals surface area (Å²) in [5.74, 6) is 0.851. The average Bonchev–Trinajstić information content (AvgIpc) is 2.74. The van der Waals surface area contributed by atoms with Crippen LogP contribution in [-0.4, -0.2) is 4.98 Å². The van der Waals surface area contributed by atoms with Crippen molar-refractivity contribution in [3.05, 3.63) is 36.0 Å². The van der Waals surface area contributed by atoms with Gasteiger partial charge in [0.05, 0.1) is 0 Å². The lowest BCUT2D eigenvalue weighted by Gasteiger charge is -2.09. The van der Waals surface area contributed by atoms with E-state index in [1.165, 1.54) is 42.1 Å². The zero-order chi connectivity index (χ0) is 11.4. The first-order chi connectivity index (χ1) is 7.79. The number of hydrogen-bond donors (Lipinski definition) is 1. The number of aromatic amines is 1. The lowest BCUT2D eigenvalue weighted by Crippen LogP contribution is -1.96. The molecule has 0 amide bonds. The van der Waals surface area contributed by atoms with Gasteiger partial charge < -0.3 is 4.98 Å². The van der Waals surface area contributed by atoms with Crippen molar-refractivity contribution < 1.29 is 0 Å². The van der Waals surface area contributed by atoms with Crippen LogP contribution in [0.2, 0.25) is 0 Å². The smallest absolute Gasteiger partial charge is 0.0456 e. The molecule has 0 fully saturated rings. The Morgan fingerprint density at radius 3 is 2.88 bits per heavy atom. The average molecular weight is 215 g/mol. The van der Waals surface area contributed by atoms with E-state index >= 15 is 0 Å². The van der Waals surface area contributed by atoms with Crippen LogP contribution in [0.4, 0.5) is 0 Å². The first kappa shape index (κ1) is 11.3. The highest BCUT2D eigenvalue weighted by Gasteiger charge is 2.02. The van der Waals surface area contributed by atoms with Crippen LogP contribution >= 0.6 is 0 Å². The van der Waals surface area contributed by atoms with Gasteiger partial charge in [0.1, 0.15) is 0 Å². The Kier molecular flexibility index (Phi) is 3.66. The first-order valence-electron chi connectivity index (χ1n) is 6.35. The predicted octanol–water partition coefficient (Wildman–Crippen LogP) is 4.54. The van der Waals surface area contributed by atoms with Gasteiger partial charge in [-0.25, -0.2) is 0 Å². The maximum Gasteiger partial charge on any atom is 0.0456 e. The van der Waals surface area contributed by atoms with E-state index in [0.717, 1.165) is 5.92 Å². The van der Waals surface area contributed by atoms with Gasteiger partial charge in [-0.05, 0) is 41.8 Å². The summed E-state index contributed by atoms with van der Waals surface area (Å²) in [6.07, 6.45) is 7.17. The molecule has 0 aliphatic heterocycles. The minimum absolute atomic E-state index is 0.851. The lowest BCUT2D eigenvalue weighted by molar-refractivity contribution is 0.486. The Morgan fingerprint density at radius 2 is 2.06 bits per heavy atom. The van der Waals surface area contributed by atoms with Crippen LogP contribution < -0.4 is 0 Å². The van der Waals surface area contributed by atoms with Crippen molar-refractivity contribution in [1.82, 2.24) is 4.98 Å². The molecule has 0 saturated carbocycles. The van der Waals surface area contributed by atoms with E-state index in [2.05, 4.69) is 43.1 Å². The molecule has 86 valence electrons. The molecule has 1 nitrogen and oxygen atoms in total. The van der Waals surface area contributed by atoms with Crippen LogP contribution in [0.15, 0.2) is 30.5 Å². The monoisotopic (exact) mass is 215 g/mol. The molecule has 16 heavy (non-hydrogen) atoms. The summed E-state index contributed by atoms with van der Waals surface area (Å²) in [4.78, 5) is 3.27. The van der Waals surface area contributed by atoms with Gasteiger partial charge in [0.2, 0.25) is 0 Å². The van der Waals surface area contributed by atoms with E-state index in [0.29, 0.717) is 0 Å². The summed E-state index contributed by atoms with van der Waals surface area (Å²) in [7, 11) is 0. The molecular formula is C15H21N. The Bertz CT molecular complexity index is 441. The number of aromatic nitrogens is 1.